The molecule has 0 radical (unpaired) electrons. The number of amides is 1. The number of carbonyl (C=O) groups excluding carboxylic acids is 1. The third kappa shape index (κ3) is 4.67. The fourth-order valence-corrected chi connectivity index (χ4v) is 2.61. The van der Waals surface area contributed by atoms with E-state index in [1.54, 1.807) is 37.3 Å². The highest BCUT2D eigenvalue weighted by molar-refractivity contribution is 9.10. The number of nitrogens with zero attached hydrogens (tertiary/aromatic N) is 1. The molecule has 0 fully saturated rings. The van der Waals surface area contributed by atoms with Gasteiger partial charge in [-0.05, 0) is 47.1 Å². The van der Waals surface area contributed by atoms with Crippen molar-refractivity contribution in [3.8, 4) is 5.75 Å². The van der Waals surface area contributed by atoms with E-state index >= 15 is 0 Å². The van der Waals surface area contributed by atoms with Gasteiger partial charge in [-0.15, -0.1) is 0 Å². The molecule has 0 saturated carbocycles. The molecule has 0 aliphatic carbocycles. The molecule has 2 rings (SSSR count). The van der Waals surface area contributed by atoms with Crippen molar-refractivity contribution >= 4 is 44.8 Å². The van der Waals surface area contributed by atoms with Crippen LogP contribution in [0.3, 0.4) is 0 Å². The van der Waals surface area contributed by atoms with Gasteiger partial charge in [-0.25, -0.2) is 0 Å². The zero-order chi connectivity index (χ0) is 17.0. The van der Waals surface area contributed by atoms with Gasteiger partial charge < -0.3 is 10.1 Å². The molecule has 1 amide bonds. The number of nitro benzene ring substituents is 1. The summed E-state index contributed by atoms with van der Waals surface area (Å²) in [6, 6.07) is 9.41. The maximum absolute atomic E-state index is 11.9. The molecule has 0 atom stereocenters. The monoisotopic (exact) mass is 398 g/mol. The number of carbonyl (C=O) groups is 1. The number of hydrogen-bond acceptors (Lipinski definition) is 4. The van der Waals surface area contributed by atoms with Crippen LogP contribution in [0.15, 0.2) is 40.9 Å². The van der Waals surface area contributed by atoms with E-state index in [2.05, 4.69) is 21.2 Å². The van der Waals surface area contributed by atoms with Gasteiger partial charge in [0.25, 0.3) is 11.6 Å². The average molecular weight is 400 g/mol. The summed E-state index contributed by atoms with van der Waals surface area (Å²) >= 11 is 9.10. The maximum Gasteiger partial charge on any atom is 0.274 e. The van der Waals surface area contributed by atoms with Gasteiger partial charge in [0, 0.05) is 22.3 Å². The van der Waals surface area contributed by atoms with Crippen LogP contribution in [0.5, 0.6) is 5.75 Å². The molecule has 0 unspecified atom stereocenters. The van der Waals surface area contributed by atoms with Crippen molar-refractivity contribution in [3.05, 3.63) is 61.6 Å². The normalized spacial score (nSPS) is 10.2. The van der Waals surface area contributed by atoms with Crippen molar-refractivity contribution in [2.45, 2.75) is 6.92 Å². The van der Waals surface area contributed by atoms with Crippen LogP contribution >= 0.6 is 27.5 Å². The quantitative estimate of drug-likeness (QED) is 0.599. The van der Waals surface area contributed by atoms with E-state index in [9.17, 15) is 14.9 Å². The number of nitrogens with one attached hydrogen (secondary N) is 1. The van der Waals surface area contributed by atoms with Crippen LogP contribution in [0, 0.1) is 17.0 Å². The number of hydrogen-bond donors (Lipinski definition) is 1. The molecule has 6 nitrogen and oxygen atoms in total. The topological polar surface area (TPSA) is 81.5 Å². The summed E-state index contributed by atoms with van der Waals surface area (Å²) in [4.78, 5) is 22.3. The molecule has 1 N–H and O–H groups in total. The van der Waals surface area contributed by atoms with Crippen LogP contribution in [-0.4, -0.2) is 17.4 Å². The van der Waals surface area contributed by atoms with Gasteiger partial charge in [-0.3, -0.25) is 14.9 Å². The molecule has 120 valence electrons. The van der Waals surface area contributed by atoms with Gasteiger partial charge >= 0.3 is 0 Å². The van der Waals surface area contributed by atoms with Crippen LogP contribution < -0.4 is 10.1 Å². The van der Waals surface area contributed by atoms with E-state index in [1.165, 1.54) is 6.07 Å². The van der Waals surface area contributed by atoms with Crippen molar-refractivity contribution in [2.75, 3.05) is 11.9 Å². The Morgan fingerprint density at radius 2 is 2.09 bits per heavy atom. The molecule has 0 bridgehead atoms. The number of benzene rings is 2. The third-order valence-electron chi connectivity index (χ3n) is 2.94. The lowest BCUT2D eigenvalue weighted by Gasteiger charge is -2.09. The van der Waals surface area contributed by atoms with Gasteiger partial charge in [-0.2, -0.15) is 0 Å². The minimum Gasteiger partial charge on any atom is -0.483 e. The van der Waals surface area contributed by atoms with Crippen molar-refractivity contribution in [1.29, 1.82) is 0 Å². The predicted octanol–water partition coefficient (Wildman–Crippen LogP) is 4.34. The Labute approximate surface area is 145 Å². The predicted molar refractivity (Wildman–Crippen MR) is 91.1 cm³/mol. The van der Waals surface area contributed by atoms with Crippen molar-refractivity contribution in [3.63, 3.8) is 0 Å². The van der Waals surface area contributed by atoms with Gasteiger partial charge in [0.2, 0.25) is 0 Å². The average Bonchev–Trinajstić information content (AvgIpc) is 2.48. The van der Waals surface area contributed by atoms with E-state index in [4.69, 9.17) is 16.3 Å². The SMILES string of the molecule is Cc1ccc(NC(=O)COc2ccc(Cl)cc2Br)cc1[N+](=O)[O-]. The molecule has 0 saturated heterocycles. The highest BCUT2D eigenvalue weighted by Gasteiger charge is 2.13. The zero-order valence-electron chi connectivity index (χ0n) is 12.0. The lowest BCUT2D eigenvalue weighted by Crippen LogP contribution is -2.20. The van der Waals surface area contributed by atoms with Crippen LogP contribution in [0.25, 0.3) is 0 Å². The van der Waals surface area contributed by atoms with E-state index in [0.29, 0.717) is 26.5 Å². The van der Waals surface area contributed by atoms with Gasteiger partial charge in [0.15, 0.2) is 6.61 Å². The third-order valence-corrected chi connectivity index (χ3v) is 3.80. The first-order chi connectivity index (χ1) is 10.9. The lowest BCUT2D eigenvalue weighted by atomic mass is 10.2. The Morgan fingerprint density at radius 3 is 2.74 bits per heavy atom. The summed E-state index contributed by atoms with van der Waals surface area (Å²) < 4.78 is 6.00. The molecule has 0 spiro atoms. The Hall–Kier alpha value is -2.12. The van der Waals surface area contributed by atoms with Crippen molar-refractivity contribution < 1.29 is 14.5 Å². The minimum atomic E-state index is -0.494. The van der Waals surface area contributed by atoms with Crippen LogP contribution in [0.4, 0.5) is 11.4 Å². The summed E-state index contributed by atoms with van der Waals surface area (Å²) in [7, 11) is 0. The molecule has 23 heavy (non-hydrogen) atoms. The largest absolute Gasteiger partial charge is 0.483 e. The highest BCUT2D eigenvalue weighted by Crippen LogP contribution is 2.28. The second kappa shape index (κ2) is 7.43. The summed E-state index contributed by atoms with van der Waals surface area (Å²) in [5.74, 6) is 0.0458. The molecular weight excluding hydrogens is 388 g/mol. The number of aryl methyl sites for hydroxylation is 1. The smallest absolute Gasteiger partial charge is 0.274 e. The first-order valence-electron chi connectivity index (χ1n) is 6.49. The summed E-state index contributed by atoms with van der Waals surface area (Å²) in [6.45, 7) is 1.40. The van der Waals surface area contributed by atoms with Crippen LogP contribution in [0.2, 0.25) is 5.02 Å². The Bertz CT molecular complexity index is 767. The second-order valence-electron chi connectivity index (χ2n) is 4.67. The van der Waals surface area contributed by atoms with Crippen LogP contribution in [0.1, 0.15) is 5.56 Å². The number of halogens is 2. The first-order valence-corrected chi connectivity index (χ1v) is 7.66. The summed E-state index contributed by atoms with van der Waals surface area (Å²) in [6.07, 6.45) is 0. The molecule has 0 aromatic heterocycles. The van der Waals surface area contributed by atoms with Gasteiger partial charge in [-0.1, -0.05) is 17.7 Å². The number of anilines is 1. The number of ether oxygens (including phenoxy) is 1. The zero-order valence-corrected chi connectivity index (χ0v) is 14.3. The fourth-order valence-electron chi connectivity index (χ4n) is 1.82. The Balaban J connectivity index is 2.00. The molecule has 8 heteroatoms. The van der Waals surface area contributed by atoms with Crippen molar-refractivity contribution in [1.82, 2.24) is 0 Å². The van der Waals surface area contributed by atoms with E-state index < -0.39 is 10.8 Å². The standard InChI is InChI=1S/C15H12BrClN2O4/c1-9-2-4-11(7-13(9)19(21)22)18-15(20)8-23-14-5-3-10(17)6-12(14)16/h2-7H,8H2,1H3,(H,18,20). The van der Waals surface area contributed by atoms with Crippen LogP contribution in [-0.2, 0) is 4.79 Å². The first kappa shape index (κ1) is 17.2. The molecular formula is C15H12BrClN2O4. The summed E-state index contributed by atoms with van der Waals surface area (Å²) in [5.41, 5.74) is 0.810. The molecule has 0 heterocycles. The second-order valence-corrected chi connectivity index (χ2v) is 5.96. The highest BCUT2D eigenvalue weighted by atomic mass is 79.9. The van der Waals surface area contributed by atoms with Crippen molar-refractivity contribution in [2.24, 2.45) is 0 Å². The summed E-state index contributed by atoms with van der Waals surface area (Å²) in [5, 5.41) is 14.0. The Morgan fingerprint density at radius 1 is 1.35 bits per heavy atom. The van der Waals surface area contributed by atoms with E-state index in [0.717, 1.165) is 0 Å². The number of nitro groups is 1. The lowest BCUT2D eigenvalue weighted by molar-refractivity contribution is -0.385. The maximum atomic E-state index is 11.9. The minimum absolute atomic E-state index is 0.0517. The number of rotatable bonds is 5. The molecule has 0 aliphatic rings. The molecule has 0 aliphatic heterocycles. The van der Waals surface area contributed by atoms with E-state index in [1.807, 2.05) is 0 Å². The molecule has 2 aromatic rings. The van der Waals surface area contributed by atoms with E-state index in [-0.39, 0.29) is 12.3 Å². The fraction of sp³-hybridized carbons (Fsp3) is 0.133. The van der Waals surface area contributed by atoms with Gasteiger partial charge in [0.05, 0.1) is 9.40 Å². The van der Waals surface area contributed by atoms with Gasteiger partial charge in [0.1, 0.15) is 5.75 Å². The Kier molecular flexibility index (Phi) is 5.57. The molecule has 2 aromatic carbocycles.